The quantitative estimate of drug-likeness (QED) is 0.831. The summed E-state index contributed by atoms with van der Waals surface area (Å²) in [6.45, 7) is 5.99. The highest BCUT2D eigenvalue weighted by molar-refractivity contribution is 6.06. The lowest BCUT2D eigenvalue weighted by molar-refractivity contribution is -0.130. The number of urea groups is 1. The predicted octanol–water partition coefficient (Wildman–Crippen LogP) is 1.31. The van der Waals surface area contributed by atoms with E-state index in [0.29, 0.717) is 18.1 Å². The van der Waals surface area contributed by atoms with Gasteiger partial charge in [-0.3, -0.25) is 14.7 Å². The fourth-order valence-corrected chi connectivity index (χ4v) is 1.88. The molecule has 0 aliphatic carbocycles. The van der Waals surface area contributed by atoms with Gasteiger partial charge in [0.25, 0.3) is 5.91 Å². The number of aromatic nitrogens is 1. The van der Waals surface area contributed by atoms with Gasteiger partial charge in [-0.25, -0.2) is 4.79 Å². The van der Waals surface area contributed by atoms with Crippen LogP contribution in [-0.2, 0) is 11.3 Å². The van der Waals surface area contributed by atoms with Gasteiger partial charge in [0.1, 0.15) is 11.3 Å². The third kappa shape index (κ3) is 2.67. The molecule has 1 aromatic rings. The average Bonchev–Trinajstić information content (AvgIpc) is 2.54. The SMILES string of the molecule is CCOc1ccc(CN2C(=O)NC(C)(C)C2=O)nc1. The van der Waals surface area contributed by atoms with E-state index in [9.17, 15) is 9.59 Å². The molecule has 1 aliphatic heterocycles. The van der Waals surface area contributed by atoms with Crippen molar-refractivity contribution in [1.29, 1.82) is 0 Å². The summed E-state index contributed by atoms with van der Waals surface area (Å²) >= 11 is 0. The number of amides is 3. The van der Waals surface area contributed by atoms with Gasteiger partial charge in [0.2, 0.25) is 0 Å². The maximum atomic E-state index is 12.0. The number of ether oxygens (including phenoxy) is 1. The van der Waals surface area contributed by atoms with Gasteiger partial charge in [0.05, 0.1) is 25.0 Å². The van der Waals surface area contributed by atoms with Crippen molar-refractivity contribution in [3.05, 3.63) is 24.0 Å². The summed E-state index contributed by atoms with van der Waals surface area (Å²) in [5.41, 5.74) is -0.202. The van der Waals surface area contributed by atoms with Gasteiger partial charge < -0.3 is 10.1 Å². The third-order valence-corrected chi connectivity index (χ3v) is 2.87. The van der Waals surface area contributed by atoms with Gasteiger partial charge in [-0.05, 0) is 32.9 Å². The molecule has 1 saturated heterocycles. The topological polar surface area (TPSA) is 71.5 Å². The summed E-state index contributed by atoms with van der Waals surface area (Å²) in [5, 5.41) is 2.63. The molecule has 0 atom stereocenters. The van der Waals surface area contributed by atoms with Crippen LogP contribution in [0.1, 0.15) is 26.5 Å². The van der Waals surface area contributed by atoms with E-state index in [4.69, 9.17) is 4.74 Å². The fourth-order valence-electron chi connectivity index (χ4n) is 1.88. The highest BCUT2D eigenvalue weighted by atomic mass is 16.5. The van der Waals surface area contributed by atoms with E-state index in [1.807, 2.05) is 6.92 Å². The first-order chi connectivity index (χ1) is 8.94. The van der Waals surface area contributed by atoms with E-state index in [1.165, 1.54) is 4.90 Å². The van der Waals surface area contributed by atoms with E-state index in [-0.39, 0.29) is 18.5 Å². The number of nitrogens with zero attached hydrogens (tertiary/aromatic N) is 2. The number of nitrogens with one attached hydrogen (secondary N) is 1. The van der Waals surface area contributed by atoms with Crippen LogP contribution >= 0.6 is 0 Å². The number of hydrogen-bond donors (Lipinski definition) is 1. The van der Waals surface area contributed by atoms with Crippen LogP contribution in [0.25, 0.3) is 0 Å². The highest BCUT2D eigenvalue weighted by Crippen LogP contribution is 2.19. The first kappa shape index (κ1) is 13.3. The predicted molar refractivity (Wildman–Crippen MR) is 68.6 cm³/mol. The second-order valence-electron chi connectivity index (χ2n) is 4.86. The van der Waals surface area contributed by atoms with Crippen LogP contribution in [0.3, 0.4) is 0 Å². The summed E-state index contributed by atoms with van der Waals surface area (Å²) in [5.74, 6) is 0.428. The minimum atomic E-state index is -0.845. The maximum absolute atomic E-state index is 12.0. The number of carbonyl (C=O) groups excluding carboxylic acids is 2. The molecule has 1 aromatic heterocycles. The van der Waals surface area contributed by atoms with Crippen LogP contribution < -0.4 is 10.1 Å². The highest BCUT2D eigenvalue weighted by Gasteiger charge is 2.44. The summed E-state index contributed by atoms with van der Waals surface area (Å²) in [7, 11) is 0. The molecule has 0 saturated carbocycles. The zero-order valence-electron chi connectivity index (χ0n) is 11.3. The van der Waals surface area contributed by atoms with Crippen molar-refractivity contribution in [3.63, 3.8) is 0 Å². The monoisotopic (exact) mass is 263 g/mol. The zero-order valence-corrected chi connectivity index (χ0v) is 11.3. The Morgan fingerprint density at radius 3 is 2.58 bits per heavy atom. The van der Waals surface area contributed by atoms with E-state index >= 15 is 0 Å². The fraction of sp³-hybridized carbons (Fsp3) is 0.462. The van der Waals surface area contributed by atoms with Crippen LogP contribution in [0.2, 0.25) is 0 Å². The lowest BCUT2D eigenvalue weighted by Gasteiger charge is -2.15. The number of hydrogen-bond acceptors (Lipinski definition) is 4. The van der Waals surface area contributed by atoms with E-state index < -0.39 is 5.54 Å². The van der Waals surface area contributed by atoms with E-state index in [2.05, 4.69) is 10.3 Å². The Hall–Kier alpha value is -2.11. The van der Waals surface area contributed by atoms with Gasteiger partial charge in [-0.15, -0.1) is 0 Å². The second-order valence-corrected chi connectivity index (χ2v) is 4.86. The normalized spacial score (nSPS) is 17.5. The smallest absolute Gasteiger partial charge is 0.325 e. The van der Waals surface area contributed by atoms with Crippen LogP contribution in [0.15, 0.2) is 18.3 Å². The van der Waals surface area contributed by atoms with Crippen molar-refractivity contribution >= 4 is 11.9 Å². The molecule has 6 heteroatoms. The first-order valence-corrected chi connectivity index (χ1v) is 6.16. The van der Waals surface area contributed by atoms with Gasteiger partial charge >= 0.3 is 6.03 Å². The van der Waals surface area contributed by atoms with Crippen LogP contribution in [0.4, 0.5) is 4.79 Å². The number of carbonyl (C=O) groups is 2. The molecule has 0 bridgehead atoms. The first-order valence-electron chi connectivity index (χ1n) is 6.16. The van der Waals surface area contributed by atoms with Crippen LogP contribution in [0, 0.1) is 0 Å². The van der Waals surface area contributed by atoms with Gasteiger partial charge in [0, 0.05) is 0 Å². The lowest BCUT2D eigenvalue weighted by atomic mass is 10.1. The van der Waals surface area contributed by atoms with Crippen molar-refractivity contribution in [2.45, 2.75) is 32.9 Å². The molecule has 2 heterocycles. The van der Waals surface area contributed by atoms with Crippen molar-refractivity contribution in [3.8, 4) is 5.75 Å². The van der Waals surface area contributed by atoms with Crippen molar-refractivity contribution in [1.82, 2.24) is 15.2 Å². The van der Waals surface area contributed by atoms with Gasteiger partial charge in [-0.1, -0.05) is 0 Å². The number of pyridine rings is 1. The Bertz CT molecular complexity index is 496. The lowest BCUT2D eigenvalue weighted by Crippen LogP contribution is -2.40. The van der Waals surface area contributed by atoms with Crippen LogP contribution in [0.5, 0.6) is 5.75 Å². The molecule has 1 aliphatic rings. The molecule has 102 valence electrons. The Morgan fingerprint density at radius 2 is 2.11 bits per heavy atom. The summed E-state index contributed by atoms with van der Waals surface area (Å²) in [6.07, 6.45) is 1.59. The molecule has 0 aromatic carbocycles. The molecule has 6 nitrogen and oxygen atoms in total. The van der Waals surface area contributed by atoms with E-state index in [0.717, 1.165) is 0 Å². The average molecular weight is 263 g/mol. The number of rotatable bonds is 4. The molecule has 0 radical (unpaired) electrons. The summed E-state index contributed by atoms with van der Waals surface area (Å²) in [6, 6.07) is 3.14. The Labute approximate surface area is 111 Å². The molecule has 19 heavy (non-hydrogen) atoms. The molecule has 3 amide bonds. The van der Waals surface area contributed by atoms with Crippen molar-refractivity contribution in [2.75, 3.05) is 6.61 Å². The Morgan fingerprint density at radius 1 is 1.37 bits per heavy atom. The standard InChI is InChI=1S/C13H17N3O3/c1-4-19-10-6-5-9(14-7-10)8-16-11(17)13(2,3)15-12(16)18/h5-7H,4,8H2,1-3H3,(H,15,18). The Kier molecular flexibility index (Phi) is 3.42. The van der Waals surface area contributed by atoms with Crippen LogP contribution in [-0.4, -0.2) is 34.0 Å². The van der Waals surface area contributed by atoms with E-state index in [1.54, 1.807) is 32.2 Å². The third-order valence-electron chi connectivity index (χ3n) is 2.87. The molecular formula is C13H17N3O3. The largest absolute Gasteiger partial charge is 0.492 e. The molecule has 2 rings (SSSR count). The molecule has 1 fully saturated rings. The van der Waals surface area contributed by atoms with Crippen molar-refractivity contribution < 1.29 is 14.3 Å². The minimum Gasteiger partial charge on any atom is -0.492 e. The number of imide groups is 1. The second kappa shape index (κ2) is 4.87. The molecular weight excluding hydrogens is 246 g/mol. The molecule has 1 N–H and O–H groups in total. The molecule has 0 unspecified atom stereocenters. The van der Waals surface area contributed by atoms with Gasteiger partial charge in [0.15, 0.2) is 0 Å². The zero-order chi connectivity index (χ0) is 14.0. The van der Waals surface area contributed by atoms with Gasteiger partial charge in [-0.2, -0.15) is 0 Å². The van der Waals surface area contributed by atoms with Crippen molar-refractivity contribution in [2.24, 2.45) is 0 Å². The molecule has 0 spiro atoms. The summed E-state index contributed by atoms with van der Waals surface area (Å²) in [4.78, 5) is 29.1. The minimum absolute atomic E-state index is 0.167. The maximum Gasteiger partial charge on any atom is 0.325 e. The summed E-state index contributed by atoms with van der Waals surface area (Å²) < 4.78 is 5.28. The Balaban J connectivity index is 2.09.